The van der Waals surface area contributed by atoms with Crippen LogP contribution in [0.2, 0.25) is 0 Å². The van der Waals surface area contributed by atoms with Crippen molar-refractivity contribution in [2.24, 2.45) is 5.92 Å². The molecule has 4 heteroatoms. The Morgan fingerprint density at radius 3 is 3.07 bits per heavy atom. The molecule has 80 valence electrons. The van der Waals surface area contributed by atoms with Gasteiger partial charge in [0.1, 0.15) is 0 Å². The zero-order chi connectivity index (χ0) is 10.7. The number of carboxylic acids is 1. The van der Waals surface area contributed by atoms with Crippen LogP contribution in [-0.4, -0.2) is 29.1 Å². The topological polar surface area (TPSA) is 62.2 Å². The van der Waals surface area contributed by atoms with Gasteiger partial charge in [0.25, 0.3) is 0 Å². The van der Waals surface area contributed by atoms with Gasteiger partial charge in [0.05, 0.1) is 5.92 Å². The van der Waals surface area contributed by atoms with Gasteiger partial charge >= 0.3 is 5.97 Å². The smallest absolute Gasteiger partial charge is 0.308 e. The van der Waals surface area contributed by atoms with Crippen molar-refractivity contribution >= 4 is 5.97 Å². The Morgan fingerprint density at radius 1 is 1.53 bits per heavy atom. The maximum Gasteiger partial charge on any atom is 0.308 e. The Labute approximate surface area is 88.3 Å². The van der Waals surface area contributed by atoms with Crippen LogP contribution in [0.15, 0.2) is 24.4 Å². The lowest BCUT2D eigenvalue weighted by Crippen LogP contribution is -2.39. The predicted molar refractivity (Wildman–Crippen MR) is 55.6 cm³/mol. The van der Waals surface area contributed by atoms with Gasteiger partial charge in [-0.1, -0.05) is 6.07 Å². The second-order valence-electron chi connectivity index (χ2n) is 3.80. The Bertz CT molecular complexity index is 340. The van der Waals surface area contributed by atoms with Gasteiger partial charge in [-0.15, -0.1) is 0 Å². The molecule has 1 aromatic rings. The first-order chi connectivity index (χ1) is 7.29. The predicted octanol–water partition coefficient (Wildman–Crippen LogP) is 0.859. The largest absolute Gasteiger partial charge is 0.481 e. The Hall–Kier alpha value is -1.42. The second kappa shape index (κ2) is 4.40. The molecular weight excluding hydrogens is 192 g/mol. The first-order valence-electron chi connectivity index (χ1n) is 5.13. The minimum absolute atomic E-state index is 0.0462. The summed E-state index contributed by atoms with van der Waals surface area (Å²) in [6, 6.07) is 5.66. The molecule has 0 saturated carbocycles. The second-order valence-corrected chi connectivity index (χ2v) is 3.80. The highest BCUT2D eigenvalue weighted by Crippen LogP contribution is 2.28. The molecule has 15 heavy (non-hydrogen) atoms. The third-order valence-electron chi connectivity index (χ3n) is 2.87. The van der Waals surface area contributed by atoms with E-state index in [0.29, 0.717) is 6.54 Å². The summed E-state index contributed by atoms with van der Waals surface area (Å²) in [6.45, 7) is 1.40. The zero-order valence-electron chi connectivity index (χ0n) is 8.39. The molecule has 0 radical (unpaired) electrons. The Morgan fingerprint density at radius 2 is 2.40 bits per heavy atom. The van der Waals surface area contributed by atoms with Gasteiger partial charge < -0.3 is 10.4 Å². The van der Waals surface area contributed by atoms with Crippen molar-refractivity contribution in [2.45, 2.75) is 12.3 Å². The average molecular weight is 206 g/mol. The Kier molecular flexibility index (Phi) is 2.97. The highest BCUT2D eigenvalue weighted by molar-refractivity contribution is 5.71. The highest BCUT2D eigenvalue weighted by Gasteiger charge is 2.32. The van der Waals surface area contributed by atoms with E-state index in [1.54, 1.807) is 6.20 Å². The summed E-state index contributed by atoms with van der Waals surface area (Å²) in [5.74, 6) is -1.04. The molecule has 0 bridgehead atoms. The van der Waals surface area contributed by atoms with Crippen LogP contribution in [0.4, 0.5) is 0 Å². The van der Waals surface area contributed by atoms with Crippen molar-refractivity contribution in [3.05, 3.63) is 30.1 Å². The summed E-state index contributed by atoms with van der Waals surface area (Å²) >= 11 is 0. The fraction of sp³-hybridized carbons (Fsp3) is 0.455. The number of aromatic nitrogens is 1. The lowest BCUT2D eigenvalue weighted by molar-refractivity contribution is -0.143. The van der Waals surface area contributed by atoms with Gasteiger partial charge in [-0.05, 0) is 25.1 Å². The van der Waals surface area contributed by atoms with Crippen molar-refractivity contribution in [1.82, 2.24) is 10.3 Å². The number of rotatable bonds is 2. The summed E-state index contributed by atoms with van der Waals surface area (Å²) in [5.41, 5.74) is 0.895. The van der Waals surface area contributed by atoms with Crippen molar-refractivity contribution in [2.75, 3.05) is 13.1 Å². The SMILES string of the molecule is O=C(O)C1CNCCC1c1ccccn1. The van der Waals surface area contributed by atoms with Crippen LogP contribution in [-0.2, 0) is 4.79 Å². The molecule has 2 unspecified atom stereocenters. The average Bonchev–Trinajstić information content (AvgIpc) is 2.30. The molecule has 1 aliphatic heterocycles. The van der Waals surface area contributed by atoms with Crippen LogP contribution < -0.4 is 5.32 Å². The first-order valence-corrected chi connectivity index (χ1v) is 5.13. The molecule has 0 aliphatic carbocycles. The van der Waals surface area contributed by atoms with E-state index < -0.39 is 5.97 Å². The third kappa shape index (κ3) is 2.15. The van der Waals surface area contributed by atoms with E-state index >= 15 is 0 Å². The summed E-state index contributed by atoms with van der Waals surface area (Å²) in [7, 11) is 0. The lowest BCUT2D eigenvalue weighted by atomic mass is 9.84. The molecule has 2 rings (SSSR count). The van der Waals surface area contributed by atoms with Gasteiger partial charge in [0.2, 0.25) is 0 Å². The number of hydrogen-bond acceptors (Lipinski definition) is 3. The molecule has 1 fully saturated rings. The van der Waals surface area contributed by atoms with E-state index in [9.17, 15) is 4.79 Å². The zero-order valence-corrected chi connectivity index (χ0v) is 8.39. The molecule has 0 aromatic carbocycles. The number of carboxylic acid groups (broad SMARTS) is 1. The van der Waals surface area contributed by atoms with Crippen LogP contribution >= 0.6 is 0 Å². The van der Waals surface area contributed by atoms with Crippen molar-refractivity contribution in [1.29, 1.82) is 0 Å². The molecule has 1 saturated heterocycles. The number of carbonyl (C=O) groups is 1. The van der Waals surface area contributed by atoms with E-state index in [-0.39, 0.29) is 11.8 Å². The van der Waals surface area contributed by atoms with Crippen LogP contribution in [0, 0.1) is 5.92 Å². The minimum atomic E-state index is -0.738. The maximum atomic E-state index is 11.1. The number of piperidine rings is 1. The molecule has 0 spiro atoms. The van der Waals surface area contributed by atoms with Gasteiger partial charge in [0, 0.05) is 24.4 Å². The van der Waals surface area contributed by atoms with Crippen LogP contribution in [0.3, 0.4) is 0 Å². The maximum absolute atomic E-state index is 11.1. The number of nitrogens with one attached hydrogen (secondary N) is 1. The first kappa shape index (κ1) is 10.1. The monoisotopic (exact) mass is 206 g/mol. The van der Waals surface area contributed by atoms with E-state index in [1.165, 1.54) is 0 Å². The van der Waals surface area contributed by atoms with Gasteiger partial charge in [-0.25, -0.2) is 0 Å². The molecule has 1 aromatic heterocycles. The summed E-state index contributed by atoms with van der Waals surface area (Å²) in [4.78, 5) is 15.3. The highest BCUT2D eigenvalue weighted by atomic mass is 16.4. The summed E-state index contributed by atoms with van der Waals surface area (Å²) in [5, 5.41) is 12.2. The number of pyridine rings is 1. The van der Waals surface area contributed by atoms with E-state index in [4.69, 9.17) is 5.11 Å². The quantitative estimate of drug-likeness (QED) is 0.753. The normalized spacial score (nSPS) is 26.1. The fourth-order valence-electron chi connectivity index (χ4n) is 2.07. The van der Waals surface area contributed by atoms with Gasteiger partial charge in [-0.2, -0.15) is 0 Å². The summed E-state index contributed by atoms with van der Waals surface area (Å²) in [6.07, 6.45) is 2.56. The Balaban J connectivity index is 2.22. The van der Waals surface area contributed by atoms with E-state index in [1.807, 2.05) is 18.2 Å². The number of hydrogen-bond donors (Lipinski definition) is 2. The fourth-order valence-corrected chi connectivity index (χ4v) is 2.07. The molecule has 1 aliphatic rings. The van der Waals surface area contributed by atoms with Crippen LogP contribution in [0.5, 0.6) is 0 Å². The molecule has 2 atom stereocenters. The van der Waals surface area contributed by atoms with Crippen molar-refractivity contribution < 1.29 is 9.90 Å². The van der Waals surface area contributed by atoms with Crippen molar-refractivity contribution in [3.63, 3.8) is 0 Å². The molecule has 2 N–H and O–H groups in total. The molecular formula is C11H14N2O2. The van der Waals surface area contributed by atoms with Gasteiger partial charge in [-0.3, -0.25) is 9.78 Å². The number of nitrogens with zero attached hydrogens (tertiary/aromatic N) is 1. The number of aliphatic carboxylic acids is 1. The standard InChI is InChI=1S/C11H14N2O2/c14-11(15)9-7-12-6-4-8(9)10-3-1-2-5-13-10/h1-3,5,8-9,12H,4,6-7H2,(H,14,15). The van der Waals surface area contributed by atoms with Gasteiger partial charge in [0.15, 0.2) is 0 Å². The van der Waals surface area contributed by atoms with E-state index in [2.05, 4.69) is 10.3 Å². The molecule has 2 heterocycles. The van der Waals surface area contributed by atoms with E-state index in [0.717, 1.165) is 18.7 Å². The van der Waals surface area contributed by atoms with Crippen LogP contribution in [0.1, 0.15) is 18.0 Å². The minimum Gasteiger partial charge on any atom is -0.481 e. The van der Waals surface area contributed by atoms with Crippen LogP contribution in [0.25, 0.3) is 0 Å². The van der Waals surface area contributed by atoms with Crippen molar-refractivity contribution in [3.8, 4) is 0 Å². The molecule has 4 nitrogen and oxygen atoms in total. The molecule has 0 amide bonds. The summed E-state index contributed by atoms with van der Waals surface area (Å²) < 4.78 is 0. The third-order valence-corrected chi connectivity index (χ3v) is 2.87. The lowest BCUT2D eigenvalue weighted by Gasteiger charge is -2.28.